The first-order valence-electron chi connectivity index (χ1n) is 6.15. The molecule has 0 unspecified atom stereocenters. The molecule has 0 aromatic heterocycles. The van der Waals surface area contributed by atoms with Crippen LogP contribution in [0.5, 0.6) is 0 Å². The second kappa shape index (κ2) is 8.38. The van der Waals surface area contributed by atoms with Crippen LogP contribution in [0, 0.1) is 0 Å². The zero-order chi connectivity index (χ0) is 14.3. The first-order chi connectivity index (χ1) is 9.06. The lowest BCUT2D eigenvalue weighted by molar-refractivity contribution is -0.117. The van der Waals surface area contributed by atoms with E-state index in [9.17, 15) is 4.79 Å². The highest BCUT2D eigenvalue weighted by Crippen LogP contribution is 2.24. The lowest BCUT2D eigenvalue weighted by Gasteiger charge is -2.19. The van der Waals surface area contributed by atoms with Crippen molar-refractivity contribution in [2.45, 2.75) is 13.3 Å². The Morgan fingerprint density at radius 1 is 1.32 bits per heavy atom. The van der Waals surface area contributed by atoms with Gasteiger partial charge in [-0.1, -0.05) is 30.1 Å². The fraction of sp³-hybridized carbons (Fsp3) is 0.462. The zero-order valence-corrected chi connectivity index (χ0v) is 12.3. The van der Waals surface area contributed by atoms with Gasteiger partial charge in [0.25, 0.3) is 0 Å². The van der Waals surface area contributed by atoms with Gasteiger partial charge in [0, 0.05) is 12.2 Å². The number of hydrogen-bond acceptors (Lipinski definition) is 3. The maximum Gasteiger partial charge on any atom is 0.238 e. The van der Waals surface area contributed by atoms with Gasteiger partial charge in [-0.05, 0) is 31.2 Å². The molecule has 0 atom stereocenters. The van der Waals surface area contributed by atoms with E-state index in [4.69, 9.17) is 28.3 Å². The normalized spacial score (nSPS) is 10.8. The average molecular weight is 305 g/mol. The number of benzene rings is 1. The summed E-state index contributed by atoms with van der Waals surface area (Å²) in [6.45, 7) is 3.58. The minimum absolute atomic E-state index is 0.0417. The predicted octanol–water partition coefficient (Wildman–Crippen LogP) is 2.64. The molecule has 0 aliphatic rings. The molecule has 0 aliphatic carbocycles. The fourth-order valence-corrected chi connectivity index (χ4v) is 2.00. The lowest BCUT2D eigenvalue weighted by atomic mass is 10.3. The Morgan fingerprint density at radius 3 is 2.63 bits per heavy atom. The third-order valence-electron chi connectivity index (χ3n) is 2.53. The summed E-state index contributed by atoms with van der Waals surface area (Å²) in [4.78, 5) is 13.8. The molecule has 1 aromatic carbocycles. The quantitative estimate of drug-likeness (QED) is 0.814. The summed E-state index contributed by atoms with van der Waals surface area (Å²) in [5.41, 5.74) is 0.611. The third kappa shape index (κ3) is 5.78. The van der Waals surface area contributed by atoms with Gasteiger partial charge < -0.3 is 10.4 Å². The fourth-order valence-electron chi connectivity index (χ4n) is 1.71. The third-order valence-corrected chi connectivity index (χ3v) is 3.27. The van der Waals surface area contributed by atoms with Crippen LogP contribution in [0.3, 0.4) is 0 Å². The SMILES string of the molecule is CCCN(CCO)CC(=O)Nc1ccc(Cl)c(Cl)c1. The second-order valence-corrected chi connectivity index (χ2v) is 4.99. The molecule has 4 nitrogen and oxygen atoms in total. The minimum Gasteiger partial charge on any atom is -0.395 e. The van der Waals surface area contributed by atoms with Gasteiger partial charge in [0.2, 0.25) is 5.91 Å². The standard InChI is InChI=1S/C13H18Cl2N2O2/c1-2-5-17(6-7-18)9-13(19)16-10-3-4-11(14)12(15)8-10/h3-4,8,18H,2,5-7,9H2,1H3,(H,16,19). The van der Waals surface area contributed by atoms with Crippen molar-refractivity contribution >= 4 is 34.8 Å². The Morgan fingerprint density at radius 2 is 2.05 bits per heavy atom. The maximum absolute atomic E-state index is 11.9. The molecule has 0 spiro atoms. The summed E-state index contributed by atoms with van der Waals surface area (Å²) in [5.74, 6) is -0.139. The van der Waals surface area contributed by atoms with Crippen molar-refractivity contribution in [1.82, 2.24) is 4.90 Å². The van der Waals surface area contributed by atoms with Gasteiger partial charge in [-0.3, -0.25) is 9.69 Å². The summed E-state index contributed by atoms with van der Waals surface area (Å²) in [7, 11) is 0. The molecular weight excluding hydrogens is 287 g/mol. The molecule has 0 fully saturated rings. The molecule has 0 radical (unpaired) electrons. The highest BCUT2D eigenvalue weighted by molar-refractivity contribution is 6.42. The van der Waals surface area contributed by atoms with E-state index in [1.165, 1.54) is 0 Å². The Hall–Kier alpha value is -0.810. The number of rotatable bonds is 7. The van der Waals surface area contributed by atoms with Gasteiger partial charge >= 0.3 is 0 Å². The molecule has 2 N–H and O–H groups in total. The van der Waals surface area contributed by atoms with Crippen LogP contribution in [0.1, 0.15) is 13.3 Å². The number of amides is 1. The second-order valence-electron chi connectivity index (χ2n) is 4.18. The van der Waals surface area contributed by atoms with Gasteiger partial charge in [-0.25, -0.2) is 0 Å². The average Bonchev–Trinajstić information content (AvgIpc) is 2.34. The van der Waals surface area contributed by atoms with Crippen molar-refractivity contribution in [2.75, 3.05) is 31.6 Å². The zero-order valence-electron chi connectivity index (χ0n) is 10.8. The van der Waals surface area contributed by atoms with E-state index in [0.717, 1.165) is 13.0 Å². The number of halogens is 2. The molecule has 0 saturated carbocycles. The molecule has 106 valence electrons. The van der Waals surface area contributed by atoms with Crippen LogP contribution in [0.15, 0.2) is 18.2 Å². The Kier molecular flexibility index (Phi) is 7.16. The van der Waals surface area contributed by atoms with Crippen LogP contribution in [-0.2, 0) is 4.79 Å². The van der Waals surface area contributed by atoms with Crippen LogP contribution in [-0.4, -0.2) is 42.2 Å². The van der Waals surface area contributed by atoms with Crippen molar-refractivity contribution in [3.63, 3.8) is 0 Å². The smallest absolute Gasteiger partial charge is 0.238 e. The van der Waals surface area contributed by atoms with Gasteiger partial charge in [-0.15, -0.1) is 0 Å². The molecule has 1 aromatic rings. The highest BCUT2D eigenvalue weighted by atomic mass is 35.5. The molecule has 0 heterocycles. The van der Waals surface area contributed by atoms with Crippen molar-refractivity contribution in [3.8, 4) is 0 Å². The molecule has 0 bridgehead atoms. The molecule has 0 aliphatic heterocycles. The molecule has 1 rings (SSSR count). The van der Waals surface area contributed by atoms with Gasteiger partial charge in [-0.2, -0.15) is 0 Å². The van der Waals surface area contributed by atoms with E-state index in [1.807, 2.05) is 11.8 Å². The lowest BCUT2D eigenvalue weighted by Crippen LogP contribution is -2.35. The summed E-state index contributed by atoms with van der Waals surface area (Å²) in [5, 5.41) is 12.5. The number of aliphatic hydroxyl groups excluding tert-OH is 1. The Labute approximate surface area is 123 Å². The van der Waals surface area contributed by atoms with Crippen molar-refractivity contribution in [2.24, 2.45) is 0 Å². The number of hydrogen-bond donors (Lipinski definition) is 2. The maximum atomic E-state index is 11.9. The highest BCUT2D eigenvalue weighted by Gasteiger charge is 2.10. The van der Waals surface area contributed by atoms with Crippen molar-refractivity contribution in [1.29, 1.82) is 0 Å². The summed E-state index contributed by atoms with van der Waals surface area (Å²) < 4.78 is 0. The number of carbonyl (C=O) groups is 1. The molecule has 19 heavy (non-hydrogen) atoms. The van der Waals surface area contributed by atoms with Gasteiger partial charge in [0.15, 0.2) is 0 Å². The summed E-state index contributed by atoms with van der Waals surface area (Å²) >= 11 is 11.7. The van der Waals surface area contributed by atoms with Gasteiger partial charge in [0.1, 0.15) is 0 Å². The van der Waals surface area contributed by atoms with E-state index in [2.05, 4.69) is 5.32 Å². The first-order valence-corrected chi connectivity index (χ1v) is 6.90. The van der Waals surface area contributed by atoms with E-state index in [0.29, 0.717) is 22.3 Å². The summed E-state index contributed by atoms with van der Waals surface area (Å²) in [6, 6.07) is 4.94. The molecule has 0 saturated heterocycles. The van der Waals surface area contributed by atoms with E-state index in [1.54, 1.807) is 18.2 Å². The monoisotopic (exact) mass is 304 g/mol. The summed E-state index contributed by atoms with van der Waals surface area (Å²) in [6.07, 6.45) is 0.931. The Bertz CT molecular complexity index is 421. The number of nitrogens with one attached hydrogen (secondary N) is 1. The first kappa shape index (κ1) is 16.2. The van der Waals surface area contributed by atoms with E-state index >= 15 is 0 Å². The van der Waals surface area contributed by atoms with Gasteiger partial charge in [0.05, 0.1) is 23.2 Å². The molecular formula is C13H18Cl2N2O2. The van der Waals surface area contributed by atoms with Crippen molar-refractivity contribution in [3.05, 3.63) is 28.2 Å². The van der Waals surface area contributed by atoms with Crippen LogP contribution in [0.2, 0.25) is 10.0 Å². The van der Waals surface area contributed by atoms with E-state index in [-0.39, 0.29) is 19.1 Å². The number of carbonyl (C=O) groups excluding carboxylic acids is 1. The van der Waals surface area contributed by atoms with E-state index < -0.39 is 0 Å². The largest absolute Gasteiger partial charge is 0.395 e. The topological polar surface area (TPSA) is 52.6 Å². The number of anilines is 1. The number of aliphatic hydroxyl groups is 1. The minimum atomic E-state index is -0.139. The van der Waals surface area contributed by atoms with Crippen molar-refractivity contribution < 1.29 is 9.90 Å². The molecule has 1 amide bonds. The van der Waals surface area contributed by atoms with Crippen LogP contribution in [0.25, 0.3) is 0 Å². The van der Waals surface area contributed by atoms with Crippen LogP contribution in [0.4, 0.5) is 5.69 Å². The predicted molar refractivity (Wildman–Crippen MR) is 78.9 cm³/mol. The Balaban J connectivity index is 2.55. The van der Waals surface area contributed by atoms with Crippen LogP contribution >= 0.6 is 23.2 Å². The number of nitrogens with zero attached hydrogens (tertiary/aromatic N) is 1. The van der Waals surface area contributed by atoms with Crippen LogP contribution < -0.4 is 5.32 Å². The molecule has 6 heteroatoms.